The maximum atomic E-state index is 4.25. The quantitative estimate of drug-likeness (QED) is 0.533. The highest BCUT2D eigenvalue weighted by Gasteiger charge is 1.80. The number of hydrogen-bond donors (Lipinski definition) is 0. The van der Waals surface area contributed by atoms with Crippen LogP contribution >= 0.6 is 0 Å². The zero-order valence-electron chi connectivity index (χ0n) is 7.09. The third-order valence-electron chi connectivity index (χ3n) is 1.05. The summed E-state index contributed by atoms with van der Waals surface area (Å²) in [6, 6.07) is 0. The molecule has 0 unspecified atom stereocenters. The molecule has 0 aromatic heterocycles. The second-order valence-electron chi connectivity index (χ2n) is 2.15. The fourth-order valence-corrected chi connectivity index (χ4v) is 0.552. The molecular formula is C8H16N2. The van der Waals surface area contributed by atoms with E-state index in [0.29, 0.717) is 0 Å². The molecule has 0 heterocycles. The molecule has 58 valence electrons. The highest BCUT2D eigenvalue weighted by atomic mass is 14.8. The molecule has 10 heavy (non-hydrogen) atoms. The summed E-state index contributed by atoms with van der Waals surface area (Å²) < 4.78 is 0. The maximum absolute atomic E-state index is 4.25. The largest absolute Gasteiger partial charge is 0.292 e. The summed E-state index contributed by atoms with van der Waals surface area (Å²) in [5.74, 6) is 0. The average molecular weight is 140 g/mol. The summed E-state index contributed by atoms with van der Waals surface area (Å²) in [5.41, 5.74) is 1.03. The first-order valence-corrected chi connectivity index (χ1v) is 3.82. The van der Waals surface area contributed by atoms with Gasteiger partial charge in [0.1, 0.15) is 0 Å². The van der Waals surface area contributed by atoms with Gasteiger partial charge >= 0.3 is 0 Å². The van der Waals surface area contributed by atoms with Gasteiger partial charge in [-0.3, -0.25) is 9.98 Å². The van der Waals surface area contributed by atoms with Crippen molar-refractivity contribution in [3.8, 4) is 0 Å². The molecule has 0 N–H and O–H groups in total. The second kappa shape index (κ2) is 6.46. The van der Waals surface area contributed by atoms with Crippen LogP contribution in [0.25, 0.3) is 0 Å². The molecule has 0 aliphatic carbocycles. The van der Waals surface area contributed by atoms with Crippen LogP contribution in [0.4, 0.5) is 0 Å². The summed E-state index contributed by atoms with van der Waals surface area (Å²) in [7, 11) is 0. The maximum Gasteiger partial charge on any atom is 0.0495 e. The Bertz CT molecular complexity index is 125. The van der Waals surface area contributed by atoms with Crippen molar-refractivity contribution in [2.75, 3.05) is 13.1 Å². The molecular weight excluding hydrogens is 124 g/mol. The molecule has 0 aliphatic heterocycles. The lowest BCUT2D eigenvalue weighted by Gasteiger charge is -1.89. The molecule has 0 radical (unpaired) electrons. The number of hydrogen-bond acceptors (Lipinski definition) is 2. The van der Waals surface area contributed by atoms with E-state index in [4.69, 9.17) is 0 Å². The van der Waals surface area contributed by atoms with E-state index in [0.717, 1.165) is 25.2 Å². The lowest BCUT2D eigenvalue weighted by molar-refractivity contribution is 0.934. The van der Waals surface area contributed by atoms with Gasteiger partial charge in [-0.25, -0.2) is 0 Å². The van der Waals surface area contributed by atoms with Gasteiger partial charge < -0.3 is 0 Å². The fourth-order valence-electron chi connectivity index (χ4n) is 0.552. The zero-order valence-corrected chi connectivity index (χ0v) is 7.09. The van der Waals surface area contributed by atoms with Gasteiger partial charge in [0, 0.05) is 25.0 Å². The van der Waals surface area contributed by atoms with E-state index in [9.17, 15) is 0 Å². The highest BCUT2D eigenvalue weighted by molar-refractivity contribution is 6.29. The third-order valence-corrected chi connectivity index (χ3v) is 1.05. The molecule has 0 amide bonds. The van der Waals surface area contributed by atoms with Crippen molar-refractivity contribution in [1.82, 2.24) is 0 Å². The van der Waals surface area contributed by atoms with Crippen LogP contribution in [0.5, 0.6) is 0 Å². The average Bonchev–Trinajstić information content (AvgIpc) is 1.97. The molecule has 0 aromatic carbocycles. The first-order valence-electron chi connectivity index (χ1n) is 3.82. The first kappa shape index (κ1) is 9.34. The third kappa shape index (κ3) is 5.48. The van der Waals surface area contributed by atoms with Crippen LogP contribution < -0.4 is 0 Å². The summed E-state index contributed by atoms with van der Waals surface area (Å²) in [4.78, 5) is 8.32. The van der Waals surface area contributed by atoms with Crippen LogP contribution in [0.2, 0.25) is 0 Å². The van der Waals surface area contributed by atoms with Crippen molar-refractivity contribution < 1.29 is 0 Å². The zero-order chi connectivity index (χ0) is 7.82. The van der Waals surface area contributed by atoms with E-state index in [1.807, 2.05) is 20.1 Å². The Morgan fingerprint density at radius 1 is 1.40 bits per heavy atom. The molecule has 0 saturated carbocycles. The van der Waals surface area contributed by atoms with Gasteiger partial charge in [-0.15, -0.1) is 0 Å². The van der Waals surface area contributed by atoms with Crippen LogP contribution in [0.3, 0.4) is 0 Å². The normalized spacial score (nSPS) is 12.9. The number of nitrogens with zero attached hydrogens (tertiary/aromatic N) is 2. The monoisotopic (exact) mass is 140 g/mol. The molecule has 2 heteroatoms. The summed E-state index contributed by atoms with van der Waals surface area (Å²) in [6.45, 7) is 7.88. The number of aliphatic imine (C=N–C) groups is 2. The minimum Gasteiger partial charge on any atom is -0.292 e. The minimum absolute atomic E-state index is 0.846. The first-order chi connectivity index (χ1) is 4.81. The molecule has 0 bridgehead atoms. The molecule has 0 rings (SSSR count). The minimum atomic E-state index is 0.846. The van der Waals surface area contributed by atoms with Crippen molar-refractivity contribution >= 4 is 11.9 Å². The van der Waals surface area contributed by atoms with Gasteiger partial charge in [-0.05, 0) is 20.3 Å². The van der Waals surface area contributed by atoms with Gasteiger partial charge in [-0.1, -0.05) is 6.92 Å². The van der Waals surface area contributed by atoms with Gasteiger partial charge in [-0.2, -0.15) is 0 Å². The van der Waals surface area contributed by atoms with Crippen LogP contribution in [0.15, 0.2) is 9.98 Å². The topological polar surface area (TPSA) is 24.7 Å². The van der Waals surface area contributed by atoms with Crippen LogP contribution in [-0.4, -0.2) is 25.0 Å². The Hall–Kier alpha value is -0.660. The lowest BCUT2D eigenvalue weighted by atomic mass is 10.4. The van der Waals surface area contributed by atoms with Crippen molar-refractivity contribution in [3.05, 3.63) is 0 Å². The molecule has 0 aliphatic rings. The van der Waals surface area contributed by atoms with Gasteiger partial charge in [0.05, 0.1) is 0 Å². The van der Waals surface area contributed by atoms with Crippen molar-refractivity contribution in [2.24, 2.45) is 9.98 Å². The second-order valence-corrected chi connectivity index (χ2v) is 2.15. The molecule has 2 nitrogen and oxygen atoms in total. The highest BCUT2D eigenvalue weighted by Crippen LogP contribution is 1.79. The van der Waals surface area contributed by atoms with E-state index in [-0.39, 0.29) is 0 Å². The fraction of sp³-hybridized carbons (Fsp3) is 0.750. The van der Waals surface area contributed by atoms with E-state index in [1.54, 1.807) is 0 Å². The predicted molar refractivity (Wildman–Crippen MR) is 47.3 cm³/mol. The van der Waals surface area contributed by atoms with Crippen LogP contribution in [0, 0.1) is 0 Å². The lowest BCUT2D eigenvalue weighted by Crippen LogP contribution is -1.94. The Balaban J connectivity index is 3.59. The smallest absolute Gasteiger partial charge is 0.0495 e. The predicted octanol–water partition coefficient (Wildman–Crippen LogP) is 1.95. The summed E-state index contributed by atoms with van der Waals surface area (Å²) >= 11 is 0. The van der Waals surface area contributed by atoms with Crippen molar-refractivity contribution in [3.63, 3.8) is 0 Å². The SMILES string of the molecule is CCCN=C(C)C=NCC. The van der Waals surface area contributed by atoms with Crippen LogP contribution in [0.1, 0.15) is 27.2 Å². The Kier molecular flexibility index (Phi) is 6.03. The van der Waals surface area contributed by atoms with Crippen molar-refractivity contribution in [1.29, 1.82) is 0 Å². The Morgan fingerprint density at radius 3 is 2.60 bits per heavy atom. The molecule has 0 fully saturated rings. The number of rotatable bonds is 4. The van der Waals surface area contributed by atoms with E-state index >= 15 is 0 Å². The molecule has 0 saturated heterocycles. The van der Waals surface area contributed by atoms with Crippen molar-refractivity contribution in [2.45, 2.75) is 27.2 Å². The van der Waals surface area contributed by atoms with Gasteiger partial charge in [0.15, 0.2) is 0 Å². The van der Waals surface area contributed by atoms with Gasteiger partial charge in [0.25, 0.3) is 0 Å². The van der Waals surface area contributed by atoms with Crippen LogP contribution in [-0.2, 0) is 0 Å². The summed E-state index contributed by atoms with van der Waals surface area (Å²) in [5, 5.41) is 0. The van der Waals surface area contributed by atoms with E-state index < -0.39 is 0 Å². The van der Waals surface area contributed by atoms with E-state index in [1.165, 1.54) is 0 Å². The Labute approximate surface area is 63.1 Å². The summed E-state index contributed by atoms with van der Waals surface area (Å²) in [6.07, 6.45) is 2.94. The van der Waals surface area contributed by atoms with E-state index in [2.05, 4.69) is 16.9 Å². The Morgan fingerprint density at radius 2 is 2.10 bits per heavy atom. The molecule has 0 atom stereocenters. The van der Waals surface area contributed by atoms with Gasteiger partial charge in [0.2, 0.25) is 0 Å². The molecule has 0 aromatic rings. The standard InChI is InChI=1S/C8H16N2/c1-4-6-10-8(3)7-9-5-2/h7H,4-6H2,1-3H3. The molecule has 0 spiro atoms.